The van der Waals surface area contributed by atoms with Crippen molar-refractivity contribution in [1.29, 1.82) is 0 Å². The van der Waals surface area contributed by atoms with Crippen molar-refractivity contribution in [2.45, 2.75) is 70.5 Å². The highest BCUT2D eigenvalue weighted by Gasteiger charge is 2.25. The molecule has 3 atom stereocenters. The van der Waals surface area contributed by atoms with E-state index in [-0.39, 0.29) is 29.4 Å². The number of aromatic nitrogens is 2. The smallest absolute Gasteiger partial charge is 0.251 e. The van der Waals surface area contributed by atoms with Crippen molar-refractivity contribution >= 4 is 35.6 Å². The van der Waals surface area contributed by atoms with Gasteiger partial charge in [0.2, 0.25) is 10.0 Å². The summed E-state index contributed by atoms with van der Waals surface area (Å²) >= 11 is 0. The van der Waals surface area contributed by atoms with Gasteiger partial charge in [-0.15, -0.1) is 0 Å². The summed E-state index contributed by atoms with van der Waals surface area (Å²) in [6, 6.07) is 23.2. The van der Waals surface area contributed by atoms with E-state index < -0.39 is 42.1 Å². The summed E-state index contributed by atoms with van der Waals surface area (Å²) in [5, 5.41) is 20.5. The lowest BCUT2D eigenvalue weighted by Gasteiger charge is -2.25. The van der Waals surface area contributed by atoms with Crippen LogP contribution in [0.15, 0.2) is 91.4 Å². The largest absolute Gasteiger partial charge is 0.390 e. The summed E-state index contributed by atoms with van der Waals surface area (Å²) in [6.07, 6.45) is 3.97. The molecule has 0 aliphatic heterocycles. The van der Waals surface area contributed by atoms with Crippen LogP contribution in [-0.4, -0.2) is 81.6 Å². The Morgan fingerprint density at radius 2 is 1.58 bits per heavy atom. The maximum atomic E-state index is 13.9. The van der Waals surface area contributed by atoms with E-state index in [1.807, 2.05) is 78.4 Å². The van der Waals surface area contributed by atoms with Crippen LogP contribution < -0.4 is 20.3 Å². The average molecular weight is 749 g/mol. The van der Waals surface area contributed by atoms with E-state index in [1.54, 1.807) is 6.33 Å². The second-order valence-corrected chi connectivity index (χ2v) is 21.9. The van der Waals surface area contributed by atoms with Crippen LogP contribution in [0, 0.1) is 0 Å². The van der Waals surface area contributed by atoms with Gasteiger partial charge < -0.3 is 30.4 Å². The first kappa shape index (κ1) is 40.4. The molecule has 4 N–H and O–H groups in total. The molecule has 4 aromatic rings. The van der Waals surface area contributed by atoms with Crippen molar-refractivity contribution in [2.24, 2.45) is 0 Å². The lowest BCUT2D eigenvalue weighted by molar-refractivity contribution is 0.0829. The number of aliphatic hydroxyl groups excluding tert-OH is 1. The number of benzene rings is 3. The van der Waals surface area contributed by atoms with E-state index in [9.17, 15) is 23.1 Å². The number of aliphatic hydroxyl groups is 1. The summed E-state index contributed by atoms with van der Waals surface area (Å²) in [5.74, 6) is -1.04. The SMILES string of the molecule is C[C@@H](NC(=O)c1cc(C(=O)N[C@@H](Cc2ccccc2)[C@H](O)CNCc2cn(COCC[Si](C)(C)C)cn2)cc(N(C)S(C)(=O)=O)c1)c1ccccc1. The number of carbonyl (C=O) groups excluding carboxylic acids is 2. The number of hydrogen-bond donors (Lipinski definition) is 4. The van der Waals surface area contributed by atoms with Crippen molar-refractivity contribution in [3.63, 3.8) is 0 Å². The van der Waals surface area contributed by atoms with E-state index in [0.717, 1.165) is 33.4 Å². The number of anilines is 1. The van der Waals surface area contributed by atoms with E-state index in [0.29, 0.717) is 26.3 Å². The second kappa shape index (κ2) is 18.4. The highest BCUT2D eigenvalue weighted by molar-refractivity contribution is 7.92. The molecule has 0 unspecified atom stereocenters. The normalized spacial score (nSPS) is 13.6. The Kier molecular flexibility index (Phi) is 14.3. The molecule has 0 aliphatic rings. The van der Waals surface area contributed by atoms with Crippen molar-refractivity contribution in [2.75, 3.05) is 30.8 Å². The Bertz CT molecular complexity index is 1870. The zero-order chi connectivity index (χ0) is 37.9. The van der Waals surface area contributed by atoms with Gasteiger partial charge in [-0.05, 0) is 48.7 Å². The van der Waals surface area contributed by atoms with Crippen molar-refractivity contribution in [1.82, 2.24) is 25.5 Å². The lowest BCUT2D eigenvalue weighted by atomic mass is 10.00. The molecule has 14 heteroatoms. The van der Waals surface area contributed by atoms with Crippen LogP contribution in [-0.2, 0) is 34.5 Å². The fourth-order valence-corrected chi connectivity index (χ4v) is 6.61. The predicted octanol–water partition coefficient (Wildman–Crippen LogP) is 4.57. The molecule has 280 valence electrons. The molecule has 0 bridgehead atoms. The van der Waals surface area contributed by atoms with Gasteiger partial charge in [-0.3, -0.25) is 13.9 Å². The van der Waals surface area contributed by atoms with Crippen LogP contribution in [0.25, 0.3) is 0 Å². The summed E-state index contributed by atoms with van der Waals surface area (Å²) < 4.78 is 33.7. The molecule has 3 aromatic carbocycles. The monoisotopic (exact) mass is 748 g/mol. The second-order valence-electron chi connectivity index (χ2n) is 14.3. The third-order valence-corrected chi connectivity index (χ3v) is 11.5. The van der Waals surface area contributed by atoms with Gasteiger partial charge in [0.25, 0.3) is 11.8 Å². The molecule has 1 heterocycles. The van der Waals surface area contributed by atoms with Crippen LogP contribution in [0.5, 0.6) is 0 Å². The lowest BCUT2D eigenvalue weighted by Crippen LogP contribution is -2.48. The van der Waals surface area contributed by atoms with Gasteiger partial charge in [0.05, 0.1) is 42.2 Å². The number of carbonyl (C=O) groups is 2. The summed E-state index contributed by atoms with van der Waals surface area (Å²) in [4.78, 5) is 31.8. The number of ether oxygens (including phenoxy) is 1. The van der Waals surface area contributed by atoms with Gasteiger partial charge in [-0.2, -0.15) is 0 Å². The van der Waals surface area contributed by atoms with Gasteiger partial charge in [0.1, 0.15) is 6.73 Å². The highest BCUT2D eigenvalue weighted by atomic mass is 32.2. The number of imidazole rings is 1. The van der Waals surface area contributed by atoms with Gasteiger partial charge in [0.15, 0.2) is 0 Å². The predicted molar refractivity (Wildman–Crippen MR) is 207 cm³/mol. The molecule has 4 rings (SSSR count). The van der Waals surface area contributed by atoms with Crippen LogP contribution >= 0.6 is 0 Å². The molecule has 0 fully saturated rings. The summed E-state index contributed by atoms with van der Waals surface area (Å²) in [5.41, 5.74) is 2.91. The molecule has 0 saturated heterocycles. The maximum Gasteiger partial charge on any atom is 0.251 e. The molecule has 12 nitrogen and oxygen atoms in total. The molecule has 0 aliphatic carbocycles. The van der Waals surface area contributed by atoms with Crippen LogP contribution in [0.3, 0.4) is 0 Å². The summed E-state index contributed by atoms with van der Waals surface area (Å²) in [6.45, 7) is 10.4. The number of nitrogens with one attached hydrogen (secondary N) is 3. The molecule has 52 heavy (non-hydrogen) atoms. The Balaban J connectivity index is 1.48. The Morgan fingerprint density at radius 1 is 0.962 bits per heavy atom. The average Bonchev–Trinajstić information content (AvgIpc) is 3.56. The first-order chi connectivity index (χ1) is 24.6. The molecule has 0 radical (unpaired) electrons. The first-order valence-electron chi connectivity index (χ1n) is 17.4. The Morgan fingerprint density at radius 3 is 2.19 bits per heavy atom. The zero-order valence-corrected chi connectivity index (χ0v) is 32.7. The van der Waals surface area contributed by atoms with Gasteiger partial charge in [0, 0.05) is 52.1 Å². The fourth-order valence-electron chi connectivity index (χ4n) is 5.36. The molecule has 0 spiro atoms. The summed E-state index contributed by atoms with van der Waals surface area (Å²) in [7, 11) is -3.53. The third kappa shape index (κ3) is 12.7. The van der Waals surface area contributed by atoms with Gasteiger partial charge in [-0.1, -0.05) is 80.3 Å². The number of hydrogen-bond acceptors (Lipinski definition) is 8. The van der Waals surface area contributed by atoms with E-state index in [1.165, 1.54) is 25.2 Å². The molecular weight excluding hydrogens is 697 g/mol. The number of amides is 2. The Labute approximate surface area is 308 Å². The van der Waals surface area contributed by atoms with Crippen LogP contribution in [0.4, 0.5) is 5.69 Å². The Hall–Kier alpha value is -4.34. The van der Waals surface area contributed by atoms with E-state index in [2.05, 4.69) is 40.6 Å². The molecule has 2 amide bonds. The number of rotatable bonds is 19. The topological polar surface area (TPSA) is 155 Å². The van der Waals surface area contributed by atoms with Crippen molar-refractivity contribution < 1.29 is 27.9 Å². The van der Waals surface area contributed by atoms with Gasteiger partial charge in [-0.25, -0.2) is 13.4 Å². The zero-order valence-electron chi connectivity index (χ0n) is 30.9. The molecular formula is C38H52N6O6SSi. The molecule has 0 saturated carbocycles. The van der Waals surface area contributed by atoms with Crippen LogP contribution in [0.1, 0.15) is 50.5 Å². The number of nitrogens with zero attached hydrogens (tertiary/aromatic N) is 3. The van der Waals surface area contributed by atoms with E-state index in [4.69, 9.17) is 4.74 Å². The maximum absolute atomic E-state index is 13.9. The third-order valence-electron chi connectivity index (χ3n) is 8.61. The highest BCUT2D eigenvalue weighted by Crippen LogP contribution is 2.22. The minimum atomic E-state index is -3.72. The minimum absolute atomic E-state index is 0.0707. The van der Waals surface area contributed by atoms with E-state index >= 15 is 0 Å². The van der Waals surface area contributed by atoms with Gasteiger partial charge >= 0.3 is 0 Å². The standard InChI is InChI=1S/C38H52N6O6SSi/c1-28(30-15-11-8-12-16-30)41-37(46)31-20-32(22-34(21-31)43(2)51(3,48)49)38(47)42-35(19-29-13-9-7-10-14-29)36(45)24-39-23-33-25-44(26-40-33)27-50-17-18-52(4,5)6/h7-16,20-22,25-26,28,35-36,39,45H,17-19,23-24,27H2,1-6H3,(H,41,46)(H,42,47)/t28-,35+,36-/m1/s1. The number of sulfonamides is 1. The quantitative estimate of drug-likeness (QED) is 0.0804. The van der Waals surface area contributed by atoms with Crippen molar-refractivity contribution in [3.8, 4) is 0 Å². The fraction of sp³-hybridized carbons (Fsp3) is 0.395. The molecule has 1 aromatic heterocycles. The van der Waals surface area contributed by atoms with Crippen molar-refractivity contribution in [3.05, 3.63) is 119 Å². The minimum Gasteiger partial charge on any atom is -0.390 e. The van der Waals surface area contributed by atoms with Crippen LogP contribution in [0.2, 0.25) is 25.7 Å². The first-order valence-corrected chi connectivity index (χ1v) is 22.9.